The molecule has 2 heterocycles. The molecule has 0 spiro atoms. The summed E-state index contributed by atoms with van der Waals surface area (Å²) < 4.78 is 14.4. The standard InChI is InChI=1S/C11H7Cl2FN2.C4H2BrClN2/c12-9-3-1-2-8(10(9)14)4-7-5-15-11(13)16-6-7;5-3-1-7-4(6)8-2-3/h1-3,5-6H,4H2;1-2H. The first-order valence-electron chi connectivity index (χ1n) is 6.48. The summed E-state index contributed by atoms with van der Waals surface area (Å²) >= 11 is 19.8. The lowest BCUT2D eigenvalue weighted by molar-refractivity contribution is 0.614. The fraction of sp³-hybridized carbons (Fsp3) is 0.0667. The number of benzene rings is 1. The maximum atomic E-state index is 13.6. The largest absolute Gasteiger partial charge is 0.226 e. The van der Waals surface area contributed by atoms with Crippen LogP contribution in [0.1, 0.15) is 11.1 Å². The van der Waals surface area contributed by atoms with E-state index in [2.05, 4.69) is 35.9 Å². The van der Waals surface area contributed by atoms with Gasteiger partial charge in [-0.1, -0.05) is 23.7 Å². The fourth-order valence-electron chi connectivity index (χ4n) is 1.63. The van der Waals surface area contributed by atoms with E-state index in [9.17, 15) is 4.39 Å². The van der Waals surface area contributed by atoms with Gasteiger partial charge in [-0.15, -0.1) is 0 Å². The summed E-state index contributed by atoms with van der Waals surface area (Å²) in [6.45, 7) is 0. The second kappa shape index (κ2) is 9.22. The molecule has 0 amide bonds. The van der Waals surface area contributed by atoms with E-state index in [1.165, 1.54) is 6.07 Å². The zero-order valence-electron chi connectivity index (χ0n) is 11.9. The summed E-state index contributed by atoms with van der Waals surface area (Å²) in [5.74, 6) is -0.404. The smallest absolute Gasteiger partial charge is 0.222 e. The number of rotatable bonds is 2. The first kappa shape index (κ1) is 19.0. The van der Waals surface area contributed by atoms with Gasteiger partial charge in [-0.3, -0.25) is 0 Å². The van der Waals surface area contributed by atoms with E-state index in [-0.39, 0.29) is 15.6 Å². The predicted molar refractivity (Wildman–Crippen MR) is 96.0 cm³/mol. The van der Waals surface area contributed by atoms with Gasteiger partial charge in [0, 0.05) is 31.2 Å². The van der Waals surface area contributed by atoms with E-state index in [1.807, 2.05) is 0 Å². The zero-order chi connectivity index (χ0) is 17.5. The van der Waals surface area contributed by atoms with Crippen LogP contribution in [0.2, 0.25) is 15.6 Å². The van der Waals surface area contributed by atoms with Crippen molar-refractivity contribution in [3.05, 3.63) is 80.0 Å². The van der Waals surface area contributed by atoms with Crippen LogP contribution in [0.4, 0.5) is 4.39 Å². The Bertz CT molecular complexity index is 780. The molecule has 0 aliphatic rings. The van der Waals surface area contributed by atoms with E-state index < -0.39 is 5.82 Å². The molecule has 4 nitrogen and oxygen atoms in total. The summed E-state index contributed by atoms with van der Waals surface area (Å²) in [6.07, 6.45) is 6.71. The predicted octanol–water partition coefficient (Wildman–Crippen LogP) is 5.41. The van der Waals surface area contributed by atoms with Crippen LogP contribution in [0.15, 0.2) is 47.5 Å². The average Bonchev–Trinajstić information content (AvgIpc) is 2.57. The Morgan fingerprint density at radius 1 is 0.875 bits per heavy atom. The number of hydrogen-bond acceptors (Lipinski definition) is 4. The van der Waals surface area contributed by atoms with Crippen molar-refractivity contribution in [2.45, 2.75) is 6.42 Å². The highest BCUT2D eigenvalue weighted by Crippen LogP contribution is 2.20. The first-order valence-corrected chi connectivity index (χ1v) is 8.40. The van der Waals surface area contributed by atoms with Crippen molar-refractivity contribution in [3.8, 4) is 0 Å². The van der Waals surface area contributed by atoms with Crippen LogP contribution in [0.3, 0.4) is 0 Å². The molecule has 0 bridgehead atoms. The molecule has 124 valence electrons. The lowest BCUT2D eigenvalue weighted by Gasteiger charge is -2.03. The van der Waals surface area contributed by atoms with Gasteiger partial charge < -0.3 is 0 Å². The molecule has 0 aliphatic heterocycles. The highest BCUT2D eigenvalue weighted by molar-refractivity contribution is 9.10. The maximum absolute atomic E-state index is 13.6. The van der Waals surface area contributed by atoms with Crippen molar-refractivity contribution in [1.82, 2.24) is 19.9 Å². The lowest BCUT2D eigenvalue weighted by atomic mass is 10.1. The minimum atomic E-state index is -0.404. The molecule has 24 heavy (non-hydrogen) atoms. The Balaban J connectivity index is 0.000000219. The molecule has 0 radical (unpaired) electrons. The molecular formula is C15H9BrCl3FN4. The number of aromatic nitrogens is 4. The second-order valence-electron chi connectivity index (χ2n) is 4.42. The topological polar surface area (TPSA) is 51.6 Å². The second-order valence-corrected chi connectivity index (χ2v) is 6.42. The van der Waals surface area contributed by atoms with Crippen molar-refractivity contribution in [1.29, 1.82) is 0 Å². The molecule has 0 fully saturated rings. The summed E-state index contributed by atoms with van der Waals surface area (Å²) in [4.78, 5) is 15.0. The Hall–Kier alpha value is -1.34. The molecule has 3 aromatic rings. The van der Waals surface area contributed by atoms with Gasteiger partial charge >= 0.3 is 0 Å². The van der Waals surface area contributed by atoms with Crippen molar-refractivity contribution in [2.24, 2.45) is 0 Å². The van der Waals surface area contributed by atoms with E-state index in [0.29, 0.717) is 12.0 Å². The molecule has 3 rings (SSSR count). The van der Waals surface area contributed by atoms with E-state index in [4.69, 9.17) is 34.8 Å². The highest BCUT2D eigenvalue weighted by Gasteiger charge is 2.07. The van der Waals surface area contributed by atoms with Crippen molar-refractivity contribution < 1.29 is 4.39 Å². The summed E-state index contributed by atoms with van der Waals surface area (Å²) in [7, 11) is 0. The lowest BCUT2D eigenvalue weighted by Crippen LogP contribution is -1.95. The van der Waals surface area contributed by atoms with Crippen LogP contribution < -0.4 is 0 Å². The van der Waals surface area contributed by atoms with Crippen molar-refractivity contribution in [2.75, 3.05) is 0 Å². The SMILES string of the molecule is Clc1ncc(Br)cn1.Fc1c(Cl)cccc1Cc1cnc(Cl)nc1. The normalized spacial score (nSPS) is 10.0. The minimum Gasteiger partial charge on any atom is -0.226 e. The molecule has 0 unspecified atom stereocenters. The third-order valence-corrected chi connectivity index (χ3v) is 3.78. The van der Waals surface area contributed by atoms with E-state index in [1.54, 1.807) is 36.9 Å². The Morgan fingerprint density at radius 3 is 1.96 bits per heavy atom. The van der Waals surface area contributed by atoms with E-state index >= 15 is 0 Å². The van der Waals surface area contributed by atoms with Gasteiger partial charge in [0.25, 0.3) is 0 Å². The van der Waals surface area contributed by atoms with Gasteiger partial charge in [-0.05, 0) is 56.3 Å². The minimum absolute atomic E-state index is 0.118. The highest BCUT2D eigenvalue weighted by atomic mass is 79.9. The van der Waals surface area contributed by atoms with Gasteiger partial charge in [-0.2, -0.15) is 0 Å². The monoisotopic (exact) mass is 448 g/mol. The number of hydrogen-bond donors (Lipinski definition) is 0. The molecular weight excluding hydrogens is 441 g/mol. The molecule has 1 aromatic carbocycles. The Morgan fingerprint density at radius 2 is 1.42 bits per heavy atom. The van der Waals surface area contributed by atoms with Gasteiger partial charge in [-0.25, -0.2) is 24.3 Å². The molecule has 0 aliphatic carbocycles. The third kappa shape index (κ3) is 5.94. The Kier molecular flexibility index (Phi) is 7.30. The summed E-state index contributed by atoms with van der Waals surface area (Å²) in [5, 5.41) is 0.566. The van der Waals surface area contributed by atoms with Crippen molar-refractivity contribution in [3.63, 3.8) is 0 Å². The van der Waals surface area contributed by atoms with E-state index in [0.717, 1.165) is 10.0 Å². The van der Waals surface area contributed by atoms with Crippen molar-refractivity contribution >= 4 is 50.7 Å². The van der Waals surface area contributed by atoms with Gasteiger partial charge in [0.15, 0.2) is 0 Å². The summed E-state index contributed by atoms with van der Waals surface area (Å²) in [6, 6.07) is 4.89. The molecule has 9 heteroatoms. The van der Waals surface area contributed by atoms with Gasteiger partial charge in [0.1, 0.15) is 5.82 Å². The average molecular weight is 451 g/mol. The van der Waals surface area contributed by atoms with Crippen LogP contribution >= 0.6 is 50.7 Å². The van der Waals surface area contributed by atoms with Gasteiger partial charge in [0.05, 0.1) is 9.50 Å². The number of halogens is 5. The van der Waals surface area contributed by atoms with Crippen LogP contribution in [0.5, 0.6) is 0 Å². The molecule has 2 aromatic heterocycles. The van der Waals surface area contributed by atoms with Crippen LogP contribution in [-0.4, -0.2) is 19.9 Å². The number of nitrogens with zero attached hydrogens (tertiary/aromatic N) is 4. The quantitative estimate of drug-likeness (QED) is 0.490. The van der Waals surface area contributed by atoms with Crippen LogP contribution in [0.25, 0.3) is 0 Å². The molecule has 0 saturated carbocycles. The third-order valence-electron chi connectivity index (χ3n) is 2.69. The summed E-state index contributed by atoms with van der Waals surface area (Å²) in [5.41, 5.74) is 1.30. The molecule has 0 N–H and O–H groups in total. The zero-order valence-corrected chi connectivity index (χ0v) is 15.8. The van der Waals surface area contributed by atoms with Gasteiger partial charge in [0.2, 0.25) is 10.6 Å². The van der Waals surface area contributed by atoms with Crippen LogP contribution in [0, 0.1) is 5.82 Å². The fourth-order valence-corrected chi connectivity index (χ4v) is 2.23. The Labute approximate surface area is 161 Å². The maximum Gasteiger partial charge on any atom is 0.222 e. The van der Waals surface area contributed by atoms with Crippen LogP contribution in [-0.2, 0) is 6.42 Å². The first-order chi connectivity index (χ1) is 11.5. The molecule has 0 saturated heterocycles. The molecule has 0 atom stereocenters.